The first-order valence-electron chi connectivity index (χ1n) is 8.78. The maximum absolute atomic E-state index is 13.0. The topological polar surface area (TPSA) is 73.8 Å². The Balaban J connectivity index is 1.86. The Morgan fingerprint density at radius 3 is 2.72 bits per heavy atom. The van der Waals surface area contributed by atoms with Crippen LogP contribution in [0.5, 0.6) is 0 Å². The Morgan fingerprint density at radius 1 is 1.24 bits per heavy atom. The van der Waals surface area contributed by atoms with Crippen molar-refractivity contribution in [3.8, 4) is 0 Å². The maximum Gasteiger partial charge on any atom is 0.244 e. The molecule has 8 heteroatoms. The van der Waals surface area contributed by atoms with E-state index < -0.39 is 10.0 Å². The highest BCUT2D eigenvalue weighted by Gasteiger charge is 2.45. The molecule has 0 aliphatic carbocycles. The number of carbonyl (C=O) groups excluding carboxylic acids is 1. The van der Waals surface area contributed by atoms with Gasteiger partial charge in [0, 0.05) is 57.1 Å². The van der Waals surface area contributed by atoms with E-state index in [1.807, 2.05) is 18.9 Å². The Morgan fingerprint density at radius 2 is 2.04 bits per heavy atom. The number of sulfonamides is 1. The average Bonchev–Trinajstić information content (AvgIpc) is 2.78. The van der Waals surface area contributed by atoms with E-state index in [0.717, 1.165) is 6.42 Å². The lowest BCUT2D eigenvalue weighted by atomic mass is 9.87. The number of pyridine rings is 1. The summed E-state index contributed by atoms with van der Waals surface area (Å²) in [4.78, 5) is 20.5. The number of likely N-dealkylation sites (N-methyl/N-ethyl adjacent to an activating group) is 1. The molecule has 0 saturated carbocycles. The number of piperazine rings is 1. The van der Waals surface area contributed by atoms with Gasteiger partial charge in [-0.15, -0.1) is 0 Å². The summed E-state index contributed by atoms with van der Waals surface area (Å²) in [6, 6.07) is 3.23. The van der Waals surface area contributed by atoms with Crippen LogP contribution >= 0.6 is 0 Å². The van der Waals surface area contributed by atoms with Crippen molar-refractivity contribution in [2.24, 2.45) is 0 Å². The van der Waals surface area contributed by atoms with E-state index >= 15 is 0 Å². The number of hydrogen-bond acceptors (Lipinski definition) is 5. The second kappa shape index (κ2) is 7.01. The molecule has 2 fully saturated rings. The van der Waals surface area contributed by atoms with E-state index in [-0.39, 0.29) is 16.3 Å². The van der Waals surface area contributed by atoms with Crippen LogP contribution in [0, 0.1) is 0 Å². The van der Waals surface area contributed by atoms with Gasteiger partial charge in [0.05, 0.1) is 0 Å². The first-order chi connectivity index (χ1) is 11.9. The SMILES string of the molecule is CCN1CC[C@]2(CCC1=O)CN(S(=O)(=O)c1cccnc1)CCN2C. The summed E-state index contributed by atoms with van der Waals surface area (Å²) >= 11 is 0. The van der Waals surface area contributed by atoms with Gasteiger partial charge < -0.3 is 4.90 Å². The predicted octanol–water partition coefficient (Wildman–Crippen LogP) is 0.789. The van der Waals surface area contributed by atoms with E-state index in [9.17, 15) is 13.2 Å². The van der Waals surface area contributed by atoms with Gasteiger partial charge in [-0.1, -0.05) is 0 Å². The van der Waals surface area contributed by atoms with Crippen LogP contribution in [0.4, 0.5) is 0 Å². The number of rotatable bonds is 3. The van der Waals surface area contributed by atoms with Gasteiger partial charge in [-0.05, 0) is 38.9 Å². The molecule has 2 aliphatic rings. The minimum Gasteiger partial charge on any atom is -0.343 e. The Bertz CT molecular complexity index is 725. The molecular weight excluding hydrogens is 340 g/mol. The van der Waals surface area contributed by atoms with E-state index in [0.29, 0.717) is 45.6 Å². The van der Waals surface area contributed by atoms with Crippen molar-refractivity contribution < 1.29 is 13.2 Å². The van der Waals surface area contributed by atoms with Gasteiger partial charge in [-0.25, -0.2) is 8.42 Å². The summed E-state index contributed by atoms with van der Waals surface area (Å²) in [7, 11) is -1.52. The molecule has 0 bridgehead atoms. The second-order valence-corrected chi connectivity index (χ2v) is 8.83. The van der Waals surface area contributed by atoms with Crippen molar-refractivity contribution in [1.82, 2.24) is 19.1 Å². The summed E-state index contributed by atoms with van der Waals surface area (Å²) in [5.74, 6) is 0.167. The monoisotopic (exact) mass is 366 g/mol. The van der Waals surface area contributed by atoms with Gasteiger partial charge >= 0.3 is 0 Å². The van der Waals surface area contributed by atoms with Crippen molar-refractivity contribution in [3.63, 3.8) is 0 Å². The number of hydrogen-bond donors (Lipinski definition) is 0. The molecule has 1 atom stereocenters. The normalized spacial score (nSPS) is 26.8. The van der Waals surface area contributed by atoms with Crippen LogP contribution in [0.25, 0.3) is 0 Å². The van der Waals surface area contributed by atoms with Crippen LogP contribution in [0.15, 0.2) is 29.4 Å². The van der Waals surface area contributed by atoms with E-state index in [4.69, 9.17) is 0 Å². The van der Waals surface area contributed by atoms with Gasteiger partial charge in [0.25, 0.3) is 0 Å². The van der Waals surface area contributed by atoms with Crippen LogP contribution in [-0.4, -0.2) is 78.7 Å². The standard InChI is InChI=1S/C17H26N4O3S/c1-3-20-10-8-17(7-6-16(20)22)14-21(12-11-19(17)2)25(23,24)15-5-4-9-18-13-15/h4-5,9,13H,3,6-8,10-12,14H2,1-2H3/t17-/m1/s1. The molecule has 0 N–H and O–H groups in total. The van der Waals surface area contributed by atoms with Gasteiger partial charge in [0.1, 0.15) is 4.90 Å². The van der Waals surface area contributed by atoms with Crippen LogP contribution in [0.3, 0.4) is 0 Å². The molecule has 0 aromatic carbocycles. The molecule has 1 aromatic rings. The molecule has 3 heterocycles. The van der Waals surface area contributed by atoms with Crippen molar-refractivity contribution in [2.45, 2.75) is 36.6 Å². The number of nitrogens with zero attached hydrogens (tertiary/aromatic N) is 4. The zero-order chi connectivity index (χ0) is 18.1. The molecule has 138 valence electrons. The lowest BCUT2D eigenvalue weighted by molar-refractivity contribution is -0.130. The summed E-state index contributed by atoms with van der Waals surface area (Å²) in [6.45, 7) is 4.92. The zero-order valence-corrected chi connectivity index (χ0v) is 15.7. The zero-order valence-electron chi connectivity index (χ0n) is 14.9. The number of amides is 1. The molecule has 0 unspecified atom stereocenters. The molecule has 1 aromatic heterocycles. The lowest BCUT2D eigenvalue weighted by Gasteiger charge is -2.48. The fourth-order valence-electron chi connectivity index (χ4n) is 3.85. The lowest BCUT2D eigenvalue weighted by Crippen LogP contribution is -2.62. The Hall–Kier alpha value is -1.51. The maximum atomic E-state index is 13.0. The third-order valence-corrected chi connectivity index (χ3v) is 7.45. The van der Waals surface area contributed by atoms with E-state index in [2.05, 4.69) is 9.88 Å². The average molecular weight is 366 g/mol. The van der Waals surface area contributed by atoms with Gasteiger partial charge in [-0.2, -0.15) is 4.31 Å². The highest BCUT2D eigenvalue weighted by molar-refractivity contribution is 7.89. The van der Waals surface area contributed by atoms with Crippen molar-refractivity contribution in [2.75, 3.05) is 39.8 Å². The highest BCUT2D eigenvalue weighted by atomic mass is 32.2. The van der Waals surface area contributed by atoms with Crippen LogP contribution < -0.4 is 0 Å². The Labute approximate surface area is 149 Å². The van der Waals surface area contributed by atoms with Crippen LogP contribution in [0.1, 0.15) is 26.2 Å². The molecule has 25 heavy (non-hydrogen) atoms. The number of carbonyl (C=O) groups is 1. The van der Waals surface area contributed by atoms with Crippen molar-refractivity contribution >= 4 is 15.9 Å². The Kier molecular flexibility index (Phi) is 5.13. The largest absolute Gasteiger partial charge is 0.343 e. The van der Waals surface area contributed by atoms with Crippen LogP contribution in [-0.2, 0) is 14.8 Å². The minimum absolute atomic E-state index is 0.167. The predicted molar refractivity (Wildman–Crippen MR) is 94.5 cm³/mol. The summed E-state index contributed by atoms with van der Waals surface area (Å²) < 4.78 is 27.5. The smallest absolute Gasteiger partial charge is 0.244 e. The fraction of sp³-hybridized carbons (Fsp3) is 0.647. The van der Waals surface area contributed by atoms with Gasteiger partial charge in [0.2, 0.25) is 15.9 Å². The second-order valence-electron chi connectivity index (χ2n) is 6.90. The van der Waals surface area contributed by atoms with Crippen molar-refractivity contribution in [1.29, 1.82) is 0 Å². The quantitative estimate of drug-likeness (QED) is 0.791. The van der Waals surface area contributed by atoms with E-state index in [1.165, 1.54) is 6.20 Å². The molecule has 1 amide bonds. The summed E-state index contributed by atoms with van der Waals surface area (Å²) in [5, 5.41) is 0. The molecule has 3 rings (SSSR count). The van der Waals surface area contributed by atoms with Gasteiger partial charge in [0.15, 0.2) is 0 Å². The summed E-state index contributed by atoms with van der Waals surface area (Å²) in [6.07, 6.45) is 4.93. The van der Waals surface area contributed by atoms with Crippen LogP contribution in [0.2, 0.25) is 0 Å². The first-order valence-corrected chi connectivity index (χ1v) is 10.2. The van der Waals surface area contributed by atoms with Crippen molar-refractivity contribution in [3.05, 3.63) is 24.5 Å². The third kappa shape index (κ3) is 3.43. The van der Waals surface area contributed by atoms with E-state index in [1.54, 1.807) is 22.6 Å². The molecule has 0 radical (unpaired) electrons. The molecule has 1 spiro atoms. The number of aromatic nitrogens is 1. The highest BCUT2D eigenvalue weighted by Crippen LogP contribution is 2.34. The molecule has 2 saturated heterocycles. The molecule has 7 nitrogen and oxygen atoms in total. The summed E-state index contributed by atoms with van der Waals surface area (Å²) in [5.41, 5.74) is -0.285. The molecular formula is C17H26N4O3S. The first kappa shape index (κ1) is 18.3. The molecule has 2 aliphatic heterocycles. The fourth-order valence-corrected chi connectivity index (χ4v) is 5.32. The third-order valence-electron chi connectivity index (χ3n) is 5.62. The number of likely N-dealkylation sites (tertiary alicyclic amines) is 1. The van der Waals surface area contributed by atoms with Gasteiger partial charge in [-0.3, -0.25) is 14.7 Å². The minimum atomic E-state index is -3.56.